The molecule has 9 nitrogen and oxygen atoms in total. The minimum Gasteiger partial charge on any atom is -0.350 e. The zero-order chi connectivity index (χ0) is 21.7. The van der Waals surface area contributed by atoms with Crippen LogP contribution in [0.3, 0.4) is 0 Å². The molecule has 6 rings (SSSR count). The Kier molecular flexibility index (Phi) is 4.80. The van der Waals surface area contributed by atoms with Crippen molar-refractivity contribution in [2.24, 2.45) is 0 Å². The van der Waals surface area contributed by atoms with E-state index in [1.165, 1.54) is 39.0 Å². The van der Waals surface area contributed by atoms with E-state index in [9.17, 15) is 0 Å². The van der Waals surface area contributed by atoms with Crippen LogP contribution in [0.5, 0.6) is 0 Å². The molecule has 4 aromatic rings. The Morgan fingerprint density at radius 3 is 2.66 bits per heavy atom. The Morgan fingerprint density at radius 2 is 1.84 bits per heavy atom. The Hall–Kier alpha value is -3.04. The summed E-state index contributed by atoms with van der Waals surface area (Å²) in [6.07, 6.45) is 13.0. The van der Waals surface area contributed by atoms with Crippen LogP contribution in [0.2, 0.25) is 0 Å². The summed E-state index contributed by atoms with van der Waals surface area (Å²) >= 11 is 0. The van der Waals surface area contributed by atoms with Crippen molar-refractivity contribution in [3.05, 3.63) is 42.7 Å². The van der Waals surface area contributed by atoms with E-state index in [1.54, 1.807) is 0 Å². The molecule has 9 heteroatoms. The standard InChI is InChI=1S/C23H29N9/c1-3-18-13-26-23-25-12-16(15-31(18)23)20-4-5-32-21(20)14-24-22(28-32)27-17-10-19(11-17)30-8-6-29(2)7-9-30/h4-5,12-15,17,19H,3,6-11H2,1-2H3,(H,27,28)/t17-,19-. The minimum atomic E-state index is 0.451. The fourth-order valence-electron chi connectivity index (χ4n) is 4.91. The van der Waals surface area contributed by atoms with E-state index in [2.05, 4.69) is 60.7 Å². The highest BCUT2D eigenvalue weighted by atomic mass is 15.3. The van der Waals surface area contributed by atoms with E-state index in [0.717, 1.165) is 34.5 Å². The second kappa shape index (κ2) is 7.83. The lowest BCUT2D eigenvalue weighted by molar-refractivity contribution is 0.0656. The van der Waals surface area contributed by atoms with Gasteiger partial charge in [-0.05, 0) is 32.4 Å². The number of imidazole rings is 1. The Balaban J connectivity index is 1.16. The van der Waals surface area contributed by atoms with Crippen LogP contribution in [0, 0.1) is 0 Å². The smallest absolute Gasteiger partial charge is 0.241 e. The van der Waals surface area contributed by atoms with Gasteiger partial charge >= 0.3 is 0 Å². The maximum absolute atomic E-state index is 4.71. The highest BCUT2D eigenvalue weighted by Gasteiger charge is 2.35. The summed E-state index contributed by atoms with van der Waals surface area (Å²) in [5.74, 6) is 1.42. The first-order valence-corrected chi connectivity index (χ1v) is 11.5. The van der Waals surface area contributed by atoms with Crippen molar-refractivity contribution in [1.29, 1.82) is 0 Å². The molecule has 0 bridgehead atoms. The number of anilines is 1. The Labute approximate surface area is 187 Å². The van der Waals surface area contributed by atoms with Crippen LogP contribution < -0.4 is 5.32 Å². The molecule has 0 aromatic carbocycles. The van der Waals surface area contributed by atoms with Gasteiger partial charge in [-0.15, -0.1) is 5.10 Å². The quantitative estimate of drug-likeness (QED) is 0.519. The van der Waals surface area contributed by atoms with Crippen LogP contribution in [-0.2, 0) is 6.42 Å². The fourth-order valence-corrected chi connectivity index (χ4v) is 4.91. The number of piperazine rings is 1. The fraction of sp³-hybridized carbons (Fsp3) is 0.478. The summed E-state index contributed by atoms with van der Waals surface area (Å²) in [7, 11) is 2.21. The zero-order valence-corrected chi connectivity index (χ0v) is 18.6. The van der Waals surface area contributed by atoms with Gasteiger partial charge in [0, 0.05) is 73.7 Å². The molecule has 2 aliphatic rings. The van der Waals surface area contributed by atoms with E-state index in [0.29, 0.717) is 18.0 Å². The van der Waals surface area contributed by atoms with Crippen molar-refractivity contribution in [2.45, 2.75) is 38.3 Å². The normalized spacial score (nSPS) is 22.4. The lowest BCUT2D eigenvalue weighted by atomic mass is 9.85. The van der Waals surface area contributed by atoms with Crippen LogP contribution in [0.4, 0.5) is 5.95 Å². The second-order valence-corrected chi connectivity index (χ2v) is 9.06. The lowest BCUT2D eigenvalue weighted by Crippen LogP contribution is -2.55. The van der Waals surface area contributed by atoms with Crippen molar-refractivity contribution in [3.63, 3.8) is 0 Å². The number of likely N-dealkylation sites (N-methyl/N-ethyl adjacent to an activating group) is 1. The van der Waals surface area contributed by atoms with Gasteiger partial charge in [-0.3, -0.25) is 9.30 Å². The molecular formula is C23H29N9. The zero-order valence-electron chi connectivity index (χ0n) is 18.6. The third-order valence-electron chi connectivity index (χ3n) is 7.03. The van der Waals surface area contributed by atoms with E-state index in [4.69, 9.17) is 5.10 Å². The van der Waals surface area contributed by atoms with E-state index < -0.39 is 0 Å². The highest BCUT2D eigenvalue weighted by molar-refractivity contribution is 5.79. The van der Waals surface area contributed by atoms with Crippen molar-refractivity contribution >= 4 is 17.2 Å². The van der Waals surface area contributed by atoms with Gasteiger partial charge in [-0.1, -0.05) is 6.92 Å². The Bertz CT molecular complexity index is 1250. The van der Waals surface area contributed by atoms with Gasteiger partial charge in [0.05, 0.1) is 17.9 Å². The van der Waals surface area contributed by atoms with Crippen LogP contribution >= 0.6 is 0 Å². The largest absolute Gasteiger partial charge is 0.350 e. The average molecular weight is 432 g/mol. The summed E-state index contributed by atoms with van der Waals surface area (Å²) in [6.45, 7) is 6.84. The van der Waals surface area contributed by atoms with E-state index in [-0.39, 0.29) is 0 Å². The molecule has 1 saturated carbocycles. The van der Waals surface area contributed by atoms with E-state index in [1.807, 2.05) is 29.3 Å². The number of rotatable bonds is 5. The molecule has 4 aromatic heterocycles. The first-order valence-electron chi connectivity index (χ1n) is 11.5. The third kappa shape index (κ3) is 3.41. The average Bonchev–Trinajstić information content (AvgIpc) is 3.39. The molecule has 1 aliphatic heterocycles. The molecule has 1 saturated heterocycles. The van der Waals surface area contributed by atoms with E-state index >= 15 is 0 Å². The summed E-state index contributed by atoms with van der Waals surface area (Å²) < 4.78 is 3.96. The number of nitrogens with one attached hydrogen (secondary N) is 1. The second-order valence-electron chi connectivity index (χ2n) is 9.06. The summed E-state index contributed by atoms with van der Waals surface area (Å²) in [4.78, 5) is 18.6. The van der Waals surface area contributed by atoms with Crippen LogP contribution in [0.25, 0.3) is 22.4 Å². The predicted molar refractivity (Wildman–Crippen MR) is 124 cm³/mol. The first kappa shape index (κ1) is 19.6. The van der Waals surface area contributed by atoms with Crippen LogP contribution in [-0.4, -0.2) is 84.1 Å². The molecule has 0 atom stereocenters. The third-order valence-corrected chi connectivity index (χ3v) is 7.03. The monoisotopic (exact) mass is 431 g/mol. The van der Waals surface area contributed by atoms with Crippen molar-refractivity contribution in [3.8, 4) is 11.1 Å². The van der Waals surface area contributed by atoms with Crippen molar-refractivity contribution in [2.75, 3.05) is 38.5 Å². The van der Waals surface area contributed by atoms with Crippen molar-refractivity contribution < 1.29 is 0 Å². The van der Waals surface area contributed by atoms with Gasteiger partial charge in [0.15, 0.2) is 0 Å². The SMILES string of the molecule is CCc1cnc2ncc(-c3ccn4nc(N[C@H]5C[C@H](N6CCN(C)CC6)C5)ncc34)cn12. The summed E-state index contributed by atoms with van der Waals surface area (Å²) in [5, 5.41) is 8.24. The number of aromatic nitrogens is 6. The maximum Gasteiger partial charge on any atom is 0.241 e. The maximum atomic E-state index is 4.71. The highest BCUT2D eigenvalue weighted by Crippen LogP contribution is 2.29. The van der Waals surface area contributed by atoms with Crippen LogP contribution in [0.15, 0.2) is 37.1 Å². The molecule has 0 amide bonds. The molecule has 1 aliphatic carbocycles. The lowest BCUT2D eigenvalue weighted by Gasteiger charge is -2.46. The van der Waals surface area contributed by atoms with Gasteiger partial charge < -0.3 is 10.2 Å². The number of hydrogen-bond donors (Lipinski definition) is 1. The molecule has 2 fully saturated rings. The number of aryl methyl sites for hydroxylation is 1. The number of hydrogen-bond acceptors (Lipinski definition) is 7. The summed E-state index contributed by atoms with van der Waals surface area (Å²) in [5.41, 5.74) is 4.22. The molecule has 0 spiro atoms. The molecule has 0 unspecified atom stereocenters. The molecule has 0 radical (unpaired) electrons. The minimum absolute atomic E-state index is 0.451. The van der Waals surface area contributed by atoms with Gasteiger partial charge in [0.25, 0.3) is 0 Å². The van der Waals surface area contributed by atoms with Gasteiger partial charge in [-0.25, -0.2) is 19.5 Å². The predicted octanol–water partition coefficient (Wildman–Crippen LogP) is 2.19. The van der Waals surface area contributed by atoms with Gasteiger partial charge in [0.2, 0.25) is 11.7 Å². The first-order chi connectivity index (χ1) is 15.7. The molecule has 1 N–H and O–H groups in total. The topological polar surface area (TPSA) is 78.9 Å². The van der Waals surface area contributed by atoms with Crippen molar-refractivity contribution in [1.82, 2.24) is 38.8 Å². The molecule has 166 valence electrons. The van der Waals surface area contributed by atoms with Gasteiger partial charge in [0.1, 0.15) is 0 Å². The van der Waals surface area contributed by atoms with Crippen LogP contribution in [0.1, 0.15) is 25.5 Å². The van der Waals surface area contributed by atoms with Gasteiger partial charge in [-0.2, -0.15) is 0 Å². The number of nitrogens with zero attached hydrogens (tertiary/aromatic N) is 8. The molecule has 32 heavy (non-hydrogen) atoms. The molecule has 5 heterocycles. The summed E-state index contributed by atoms with van der Waals surface area (Å²) in [6, 6.07) is 3.22. The number of fused-ring (bicyclic) bond motifs is 2. The Morgan fingerprint density at radius 1 is 1.03 bits per heavy atom. The molecular weight excluding hydrogens is 402 g/mol.